The normalized spacial score (nSPS) is 15.2. The van der Waals surface area contributed by atoms with Crippen LogP contribution in [0.5, 0.6) is 5.75 Å². The predicted octanol–water partition coefficient (Wildman–Crippen LogP) is 3.74. The molecular weight excluding hydrogens is 472 g/mol. The molecule has 2 N–H and O–H groups in total. The Balaban J connectivity index is 1.94. The van der Waals surface area contributed by atoms with Gasteiger partial charge in [0.15, 0.2) is 0 Å². The summed E-state index contributed by atoms with van der Waals surface area (Å²) in [6, 6.07) is 6.51. The number of aromatic nitrogens is 2. The zero-order valence-corrected chi connectivity index (χ0v) is 20.9. The minimum absolute atomic E-state index is 0.00545. The van der Waals surface area contributed by atoms with Gasteiger partial charge in [-0.1, -0.05) is 12.1 Å². The second-order valence-corrected chi connectivity index (χ2v) is 8.95. The van der Waals surface area contributed by atoms with Gasteiger partial charge in [-0.05, 0) is 46.2 Å². The van der Waals surface area contributed by atoms with Gasteiger partial charge in [0.05, 0.1) is 24.3 Å². The number of hydrogen-bond acceptors (Lipinski definition) is 11. The van der Waals surface area contributed by atoms with Gasteiger partial charge in [0.1, 0.15) is 11.4 Å². The van der Waals surface area contributed by atoms with Gasteiger partial charge < -0.3 is 29.7 Å². The number of nitrogens with zero attached hydrogens (tertiary/aromatic N) is 4. The molecule has 1 atom stereocenters. The molecule has 2 heterocycles. The highest BCUT2D eigenvalue weighted by Crippen LogP contribution is 2.34. The Morgan fingerprint density at radius 1 is 1.25 bits per heavy atom. The van der Waals surface area contributed by atoms with Gasteiger partial charge in [-0.3, -0.25) is 10.1 Å². The Hall–Kier alpha value is -4.16. The molecule has 0 bridgehead atoms. The second-order valence-electron chi connectivity index (χ2n) is 8.95. The number of carbonyl (C=O) groups excluding carboxylic acids is 2. The number of hydrogen-bond donors (Lipinski definition) is 2. The lowest BCUT2D eigenvalue weighted by atomic mass is 10.2. The number of likely N-dealkylation sites (tertiary alicyclic amines) is 1. The molecule has 3 rings (SSSR count). The molecule has 0 saturated carbocycles. The first-order valence-corrected chi connectivity index (χ1v) is 11.4. The highest BCUT2D eigenvalue weighted by molar-refractivity contribution is 5.95. The monoisotopic (exact) mass is 502 g/mol. The van der Waals surface area contributed by atoms with E-state index in [1.54, 1.807) is 56.9 Å². The topological polar surface area (TPSA) is 158 Å². The number of para-hydroxylation sites is 2. The van der Waals surface area contributed by atoms with E-state index in [1.165, 1.54) is 7.11 Å². The predicted molar refractivity (Wildman–Crippen MR) is 131 cm³/mol. The van der Waals surface area contributed by atoms with E-state index in [2.05, 4.69) is 20.6 Å². The van der Waals surface area contributed by atoms with Crippen molar-refractivity contribution in [2.45, 2.75) is 45.8 Å². The minimum atomic E-state index is -0.959. The maximum Gasteiger partial charge on any atom is 0.410 e. The number of nitro groups is 1. The molecule has 1 aromatic heterocycles. The standard InChI is InChI=1S/C23H30N6O7/c1-6-35-20(30)17-18(29(32)33)19(25-15-9-7-8-10-16(15)34-5)27-21(26-17)24-14-11-12-28(13-14)22(31)36-23(2,3)4/h7-10,14H,6,11-13H2,1-5H3,(H2,24,25,26,27). The molecule has 0 spiro atoms. The van der Waals surface area contributed by atoms with E-state index < -0.39 is 34.0 Å². The molecule has 1 aromatic carbocycles. The van der Waals surface area contributed by atoms with Crippen LogP contribution in [0.4, 0.5) is 27.9 Å². The van der Waals surface area contributed by atoms with Crippen molar-refractivity contribution in [2.75, 3.05) is 37.4 Å². The van der Waals surface area contributed by atoms with E-state index in [4.69, 9.17) is 14.2 Å². The summed E-state index contributed by atoms with van der Waals surface area (Å²) < 4.78 is 15.7. The molecule has 1 amide bonds. The Kier molecular flexibility index (Phi) is 8.12. The Labute approximate surface area is 208 Å². The highest BCUT2D eigenvalue weighted by atomic mass is 16.6. The van der Waals surface area contributed by atoms with E-state index in [9.17, 15) is 19.7 Å². The first-order chi connectivity index (χ1) is 17.0. The van der Waals surface area contributed by atoms with Gasteiger partial charge in [0.25, 0.3) is 0 Å². The Morgan fingerprint density at radius 2 is 1.97 bits per heavy atom. The Bertz CT molecular complexity index is 1130. The molecule has 2 aromatic rings. The average Bonchev–Trinajstić information content (AvgIpc) is 3.26. The fraction of sp³-hybridized carbons (Fsp3) is 0.478. The number of esters is 1. The lowest BCUT2D eigenvalue weighted by Crippen LogP contribution is -2.36. The van der Waals surface area contributed by atoms with Crippen molar-refractivity contribution >= 4 is 35.2 Å². The molecule has 0 radical (unpaired) electrons. The van der Waals surface area contributed by atoms with Gasteiger partial charge in [-0.15, -0.1) is 0 Å². The number of ether oxygens (including phenoxy) is 3. The van der Waals surface area contributed by atoms with Gasteiger partial charge in [0.2, 0.25) is 17.5 Å². The van der Waals surface area contributed by atoms with Gasteiger partial charge in [-0.25, -0.2) is 9.59 Å². The van der Waals surface area contributed by atoms with Crippen molar-refractivity contribution in [3.63, 3.8) is 0 Å². The number of rotatable bonds is 8. The van der Waals surface area contributed by atoms with Crippen molar-refractivity contribution in [3.8, 4) is 5.75 Å². The van der Waals surface area contributed by atoms with Crippen LogP contribution >= 0.6 is 0 Å². The summed E-state index contributed by atoms with van der Waals surface area (Å²) in [5, 5.41) is 17.9. The summed E-state index contributed by atoms with van der Waals surface area (Å²) in [6.45, 7) is 7.70. The van der Waals surface area contributed by atoms with Crippen LogP contribution in [0.25, 0.3) is 0 Å². The van der Waals surface area contributed by atoms with Crippen LogP contribution in [0.3, 0.4) is 0 Å². The maximum atomic E-state index is 12.6. The average molecular weight is 503 g/mol. The van der Waals surface area contributed by atoms with Crippen LogP contribution in [0.2, 0.25) is 0 Å². The molecule has 1 aliphatic heterocycles. The molecule has 1 aliphatic rings. The molecule has 13 nitrogen and oxygen atoms in total. The van der Waals surface area contributed by atoms with Crippen LogP contribution in [0, 0.1) is 10.1 Å². The van der Waals surface area contributed by atoms with Gasteiger partial charge >= 0.3 is 17.7 Å². The van der Waals surface area contributed by atoms with Crippen LogP contribution < -0.4 is 15.4 Å². The molecule has 194 valence electrons. The molecule has 13 heteroatoms. The molecule has 1 fully saturated rings. The van der Waals surface area contributed by atoms with Crippen molar-refractivity contribution in [1.29, 1.82) is 0 Å². The molecule has 1 saturated heterocycles. The molecular formula is C23H30N6O7. The van der Waals surface area contributed by atoms with E-state index in [0.717, 1.165) is 0 Å². The molecule has 36 heavy (non-hydrogen) atoms. The highest BCUT2D eigenvalue weighted by Gasteiger charge is 2.34. The van der Waals surface area contributed by atoms with Crippen molar-refractivity contribution in [3.05, 3.63) is 40.1 Å². The van der Waals surface area contributed by atoms with Crippen LogP contribution in [-0.4, -0.2) is 70.3 Å². The third kappa shape index (κ3) is 6.49. The summed E-state index contributed by atoms with van der Waals surface area (Å²) in [4.78, 5) is 46.1. The minimum Gasteiger partial charge on any atom is -0.495 e. The smallest absolute Gasteiger partial charge is 0.410 e. The lowest BCUT2D eigenvalue weighted by Gasteiger charge is -2.24. The molecule has 1 unspecified atom stereocenters. The number of amides is 1. The first kappa shape index (κ1) is 26.4. The van der Waals surface area contributed by atoms with Crippen LogP contribution in [-0.2, 0) is 9.47 Å². The first-order valence-electron chi connectivity index (χ1n) is 11.4. The fourth-order valence-corrected chi connectivity index (χ4v) is 3.55. The van der Waals surface area contributed by atoms with Crippen LogP contribution in [0.1, 0.15) is 44.6 Å². The maximum absolute atomic E-state index is 12.6. The van der Waals surface area contributed by atoms with E-state index >= 15 is 0 Å². The van der Waals surface area contributed by atoms with Gasteiger partial charge in [0, 0.05) is 19.1 Å². The lowest BCUT2D eigenvalue weighted by molar-refractivity contribution is -0.384. The summed E-state index contributed by atoms with van der Waals surface area (Å²) >= 11 is 0. The fourth-order valence-electron chi connectivity index (χ4n) is 3.55. The SMILES string of the molecule is CCOC(=O)c1nc(NC2CCN(C(=O)OC(C)(C)C)C2)nc(Nc2ccccc2OC)c1[N+](=O)[O-]. The third-order valence-electron chi connectivity index (χ3n) is 5.07. The summed E-state index contributed by atoms with van der Waals surface area (Å²) in [7, 11) is 1.46. The largest absolute Gasteiger partial charge is 0.495 e. The van der Waals surface area contributed by atoms with Crippen molar-refractivity contribution < 1.29 is 28.7 Å². The number of methoxy groups -OCH3 is 1. The van der Waals surface area contributed by atoms with Gasteiger partial charge in [-0.2, -0.15) is 9.97 Å². The summed E-state index contributed by atoms with van der Waals surface area (Å²) in [6.07, 6.45) is 0.117. The second kappa shape index (κ2) is 11.1. The van der Waals surface area contributed by atoms with Crippen LogP contribution in [0.15, 0.2) is 24.3 Å². The quantitative estimate of drug-likeness (QED) is 0.308. The number of anilines is 3. The number of benzene rings is 1. The van der Waals surface area contributed by atoms with Crippen molar-refractivity contribution in [1.82, 2.24) is 14.9 Å². The zero-order valence-electron chi connectivity index (χ0n) is 20.9. The van der Waals surface area contributed by atoms with Crippen molar-refractivity contribution in [2.24, 2.45) is 0 Å². The number of carbonyl (C=O) groups is 2. The molecule has 0 aliphatic carbocycles. The number of nitrogens with one attached hydrogen (secondary N) is 2. The third-order valence-corrected chi connectivity index (χ3v) is 5.07. The summed E-state index contributed by atoms with van der Waals surface area (Å²) in [5.41, 5.74) is -1.36. The van der Waals surface area contributed by atoms with E-state index in [1.807, 2.05) is 0 Å². The zero-order chi connectivity index (χ0) is 26.5. The summed E-state index contributed by atoms with van der Waals surface area (Å²) in [5.74, 6) is -0.787. The van der Waals surface area contributed by atoms with E-state index in [-0.39, 0.29) is 24.4 Å². The Morgan fingerprint density at radius 3 is 2.61 bits per heavy atom. The van der Waals surface area contributed by atoms with E-state index in [0.29, 0.717) is 30.9 Å².